The monoisotopic (exact) mass is 510 g/mol. The van der Waals surface area contributed by atoms with Gasteiger partial charge in [-0.3, -0.25) is 9.69 Å². The summed E-state index contributed by atoms with van der Waals surface area (Å²) in [4.78, 5) is 18.1. The molecule has 0 bridgehead atoms. The second-order valence-corrected chi connectivity index (χ2v) is 11.0. The maximum atomic E-state index is 13.6. The average Bonchev–Trinajstić information content (AvgIpc) is 3.24. The van der Waals surface area contributed by atoms with Crippen LogP contribution in [0.3, 0.4) is 0 Å². The number of nitrogen functional groups attached to an aromatic ring is 1. The van der Waals surface area contributed by atoms with Crippen LogP contribution in [-0.4, -0.2) is 17.4 Å². The number of anilines is 2. The molecule has 2 heterocycles. The number of carbonyl (C=O) groups is 1. The van der Waals surface area contributed by atoms with Gasteiger partial charge in [0.25, 0.3) is 0 Å². The lowest BCUT2D eigenvalue weighted by molar-refractivity contribution is -0.115. The maximum absolute atomic E-state index is 13.6. The van der Waals surface area contributed by atoms with Crippen molar-refractivity contribution in [1.29, 1.82) is 5.26 Å². The van der Waals surface area contributed by atoms with Gasteiger partial charge >= 0.3 is 0 Å². The van der Waals surface area contributed by atoms with Gasteiger partial charge in [-0.25, -0.2) is 0 Å². The Morgan fingerprint density at radius 1 is 1.08 bits per heavy atom. The summed E-state index contributed by atoms with van der Waals surface area (Å²) in [5.74, 6) is -0.148. The van der Waals surface area contributed by atoms with Gasteiger partial charge in [-0.2, -0.15) is 5.26 Å². The van der Waals surface area contributed by atoms with Gasteiger partial charge < -0.3 is 11.1 Å². The van der Waals surface area contributed by atoms with E-state index in [0.717, 1.165) is 47.0 Å². The molecule has 0 saturated carbocycles. The lowest BCUT2D eigenvalue weighted by atomic mass is 10.0. The number of nitriles is 1. The molecular weight excluding hydrogens is 484 g/mol. The second kappa shape index (κ2) is 11.0. The standard InChI is InChI=1S/C29H26N4OS2/c30-17-25-24-14-15-33(18-20-8-3-1-4-9-20)19-26(24)36-29(25)32-28(34)27(21-10-5-2-6-11-21)35-23-13-7-12-22(31)16-23/h1-13,16,27H,14-15,18-19,31H2,(H,32,34). The van der Waals surface area contributed by atoms with Crippen molar-refractivity contribution in [1.82, 2.24) is 4.90 Å². The molecule has 5 rings (SSSR count). The lowest BCUT2D eigenvalue weighted by Gasteiger charge is -2.26. The molecule has 0 aliphatic carbocycles. The fraction of sp³-hybridized carbons (Fsp3) is 0.172. The van der Waals surface area contributed by atoms with Gasteiger partial charge in [0.15, 0.2) is 0 Å². The van der Waals surface area contributed by atoms with Crippen molar-refractivity contribution in [2.45, 2.75) is 29.7 Å². The first kappa shape index (κ1) is 24.1. The number of hydrogen-bond acceptors (Lipinski definition) is 6. The second-order valence-electron chi connectivity index (χ2n) is 8.74. The van der Waals surface area contributed by atoms with E-state index >= 15 is 0 Å². The largest absolute Gasteiger partial charge is 0.399 e. The highest BCUT2D eigenvalue weighted by atomic mass is 32.2. The van der Waals surface area contributed by atoms with Crippen molar-refractivity contribution in [2.75, 3.05) is 17.6 Å². The number of benzene rings is 3. The molecule has 1 aliphatic rings. The number of hydrogen-bond donors (Lipinski definition) is 2. The molecule has 1 aliphatic heterocycles. The molecule has 1 unspecified atom stereocenters. The molecule has 1 aromatic heterocycles. The minimum Gasteiger partial charge on any atom is -0.399 e. The SMILES string of the molecule is N#Cc1c(NC(=O)C(Sc2cccc(N)c2)c2ccccc2)sc2c1CCN(Cc1ccccc1)C2. The van der Waals surface area contributed by atoms with E-state index in [0.29, 0.717) is 16.3 Å². The Morgan fingerprint density at radius 2 is 1.83 bits per heavy atom. The van der Waals surface area contributed by atoms with Crippen molar-refractivity contribution in [2.24, 2.45) is 0 Å². The number of carbonyl (C=O) groups excluding carboxylic acids is 1. The van der Waals surface area contributed by atoms with E-state index in [1.54, 1.807) is 0 Å². The van der Waals surface area contributed by atoms with Gasteiger partial charge in [-0.1, -0.05) is 66.7 Å². The molecular formula is C29H26N4OS2. The molecule has 0 saturated heterocycles. The maximum Gasteiger partial charge on any atom is 0.243 e. The van der Waals surface area contributed by atoms with E-state index in [2.05, 4.69) is 40.6 Å². The van der Waals surface area contributed by atoms with Crippen LogP contribution >= 0.6 is 23.1 Å². The number of nitrogens with zero attached hydrogens (tertiary/aromatic N) is 2. The summed E-state index contributed by atoms with van der Waals surface area (Å²) in [5, 5.41) is 13.2. The van der Waals surface area contributed by atoms with Gasteiger partial charge in [0.1, 0.15) is 16.3 Å². The quantitative estimate of drug-likeness (QED) is 0.227. The molecule has 0 fully saturated rings. The number of thioether (sulfide) groups is 1. The Bertz CT molecular complexity index is 1400. The number of thiophene rings is 1. The topological polar surface area (TPSA) is 82.1 Å². The summed E-state index contributed by atoms with van der Waals surface area (Å²) in [5.41, 5.74) is 10.5. The van der Waals surface area contributed by atoms with Crippen LogP contribution in [0.15, 0.2) is 89.8 Å². The molecule has 4 aromatic rings. The predicted molar refractivity (Wildman–Crippen MR) is 148 cm³/mol. The van der Waals surface area contributed by atoms with E-state index in [9.17, 15) is 10.1 Å². The van der Waals surface area contributed by atoms with Gasteiger partial charge in [-0.05, 0) is 41.3 Å². The van der Waals surface area contributed by atoms with Crippen LogP contribution in [0.2, 0.25) is 0 Å². The summed E-state index contributed by atoms with van der Waals surface area (Å²) in [7, 11) is 0. The van der Waals surface area contributed by atoms with Crippen LogP contribution in [0.1, 0.15) is 32.4 Å². The Morgan fingerprint density at radius 3 is 2.56 bits per heavy atom. The Labute approximate surface area is 219 Å². The predicted octanol–water partition coefficient (Wildman–Crippen LogP) is 6.23. The fourth-order valence-corrected chi connectivity index (χ4v) is 6.78. The summed E-state index contributed by atoms with van der Waals surface area (Å²) < 4.78 is 0. The number of fused-ring (bicyclic) bond motifs is 1. The third kappa shape index (κ3) is 5.47. The first-order valence-electron chi connectivity index (χ1n) is 11.8. The van der Waals surface area contributed by atoms with Crippen LogP contribution in [0.25, 0.3) is 0 Å². The van der Waals surface area contributed by atoms with E-state index in [-0.39, 0.29) is 5.91 Å². The van der Waals surface area contributed by atoms with E-state index in [4.69, 9.17) is 5.73 Å². The smallest absolute Gasteiger partial charge is 0.243 e. The van der Waals surface area contributed by atoms with Gasteiger partial charge in [0, 0.05) is 35.1 Å². The molecule has 1 amide bonds. The summed E-state index contributed by atoms with van der Waals surface area (Å²) >= 11 is 2.98. The molecule has 180 valence electrons. The molecule has 1 atom stereocenters. The van der Waals surface area contributed by atoms with Crippen molar-refractivity contribution >= 4 is 39.7 Å². The molecule has 5 nitrogen and oxygen atoms in total. The summed E-state index contributed by atoms with van der Waals surface area (Å²) in [6.45, 7) is 2.53. The normalized spacial score (nSPS) is 14.0. The third-order valence-corrected chi connectivity index (χ3v) is 8.57. The Hall–Kier alpha value is -3.57. The van der Waals surface area contributed by atoms with E-state index in [1.807, 2.05) is 60.7 Å². The highest BCUT2D eigenvalue weighted by Crippen LogP contribution is 2.40. The van der Waals surface area contributed by atoms with Gasteiger partial charge in [0.05, 0.1) is 5.56 Å². The van der Waals surface area contributed by atoms with Crippen molar-refractivity contribution < 1.29 is 4.79 Å². The van der Waals surface area contributed by atoms with Crippen LogP contribution in [-0.2, 0) is 24.3 Å². The summed E-state index contributed by atoms with van der Waals surface area (Å²) in [6, 6.07) is 30.0. The van der Waals surface area contributed by atoms with Crippen LogP contribution < -0.4 is 11.1 Å². The van der Waals surface area contributed by atoms with Crippen molar-refractivity contribution in [3.63, 3.8) is 0 Å². The van der Waals surface area contributed by atoms with Crippen LogP contribution in [0.4, 0.5) is 10.7 Å². The van der Waals surface area contributed by atoms with Gasteiger partial charge in [0.2, 0.25) is 5.91 Å². The fourth-order valence-electron chi connectivity index (χ4n) is 4.44. The van der Waals surface area contributed by atoms with Gasteiger partial charge in [-0.15, -0.1) is 23.1 Å². The molecule has 7 heteroatoms. The number of rotatable bonds is 7. The average molecular weight is 511 g/mol. The number of amides is 1. The molecule has 36 heavy (non-hydrogen) atoms. The molecule has 0 spiro atoms. The lowest BCUT2D eigenvalue weighted by Crippen LogP contribution is -2.29. The molecule has 3 aromatic carbocycles. The van der Waals surface area contributed by atoms with E-state index in [1.165, 1.54) is 28.7 Å². The Kier molecular flexibility index (Phi) is 7.38. The zero-order chi connectivity index (χ0) is 24.9. The highest BCUT2D eigenvalue weighted by Gasteiger charge is 2.28. The molecule has 3 N–H and O–H groups in total. The highest BCUT2D eigenvalue weighted by molar-refractivity contribution is 8.00. The Balaban J connectivity index is 1.37. The first-order chi connectivity index (χ1) is 17.6. The first-order valence-corrected chi connectivity index (χ1v) is 13.5. The number of nitrogens with two attached hydrogens (primary N) is 1. The van der Waals surface area contributed by atoms with Crippen LogP contribution in [0.5, 0.6) is 0 Å². The summed E-state index contributed by atoms with van der Waals surface area (Å²) in [6.07, 6.45) is 0.803. The number of nitrogens with one attached hydrogen (secondary N) is 1. The minimum absolute atomic E-state index is 0.148. The van der Waals surface area contributed by atoms with Crippen molar-refractivity contribution in [3.05, 3.63) is 112 Å². The zero-order valence-corrected chi connectivity index (χ0v) is 21.3. The third-order valence-electron chi connectivity index (χ3n) is 6.19. The van der Waals surface area contributed by atoms with E-state index < -0.39 is 5.25 Å². The van der Waals surface area contributed by atoms with Crippen LogP contribution in [0, 0.1) is 11.3 Å². The van der Waals surface area contributed by atoms with Crippen molar-refractivity contribution in [3.8, 4) is 6.07 Å². The zero-order valence-electron chi connectivity index (χ0n) is 19.7. The molecule has 0 radical (unpaired) electrons. The minimum atomic E-state index is -0.478.